The van der Waals surface area contributed by atoms with Crippen LogP contribution in [0.4, 0.5) is 0 Å². The minimum Gasteiger partial charge on any atom is -0.478 e. The normalized spacial score (nSPS) is 17.3. The molecule has 3 heterocycles. The lowest BCUT2D eigenvalue weighted by Gasteiger charge is -2.29. The van der Waals surface area contributed by atoms with Crippen molar-refractivity contribution in [1.29, 1.82) is 0 Å². The molecule has 1 aromatic heterocycles. The molecule has 0 spiro atoms. The highest BCUT2D eigenvalue weighted by molar-refractivity contribution is 6.15. The summed E-state index contributed by atoms with van der Waals surface area (Å²) in [6.07, 6.45) is 3.48. The van der Waals surface area contributed by atoms with Crippen molar-refractivity contribution >= 4 is 11.9 Å². The van der Waals surface area contributed by atoms with Crippen LogP contribution in [-0.4, -0.2) is 17.4 Å². The average Bonchev–Trinajstić information content (AvgIpc) is 3.36. The number of allylic oxidation sites excluding steroid dienone is 1. The number of carbonyl (C=O) groups is 1. The van der Waals surface area contributed by atoms with Crippen molar-refractivity contribution in [3.8, 4) is 11.5 Å². The Balaban J connectivity index is 1.40. The van der Waals surface area contributed by atoms with Crippen LogP contribution in [0.2, 0.25) is 0 Å². The molecule has 0 saturated carbocycles. The first-order valence-electron chi connectivity index (χ1n) is 10.5. The molecular weight excluding hydrogens is 390 g/mol. The summed E-state index contributed by atoms with van der Waals surface area (Å²) in [5.74, 6) is 2.48. The summed E-state index contributed by atoms with van der Waals surface area (Å²) < 4.78 is 17.5. The number of fused-ring (bicyclic) bond motifs is 3. The van der Waals surface area contributed by atoms with Gasteiger partial charge in [-0.3, -0.25) is 9.69 Å². The number of Topliss-reactive ketones (excluding diaryl/α,β-unsaturated/α-hetero) is 1. The Morgan fingerprint density at radius 2 is 1.87 bits per heavy atom. The summed E-state index contributed by atoms with van der Waals surface area (Å²) >= 11 is 0. The molecule has 0 atom stereocenters. The Morgan fingerprint density at radius 3 is 2.58 bits per heavy atom. The van der Waals surface area contributed by atoms with Gasteiger partial charge in [0.15, 0.2) is 5.76 Å². The minimum absolute atomic E-state index is 0.0855. The van der Waals surface area contributed by atoms with Gasteiger partial charge >= 0.3 is 0 Å². The second kappa shape index (κ2) is 7.43. The van der Waals surface area contributed by atoms with Crippen LogP contribution in [-0.2, 0) is 18.5 Å². The van der Waals surface area contributed by atoms with E-state index < -0.39 is 0 Å². The van der Waals surface area contributed by atoms with Gasteiger partial charge in [0.05, 0.1) is 23.9 Å². The van der Waals surface area contributed by atoms with Gasteiger partial charge in [-0.15, -0.1) is 0 Å². The first kappa shape index (κ1) is 19.6. The molecule has 2 aliphatic heterocycles. The Labute approximate surface area is 181 Å². The smallest absolute Gasteiger partial charge is 0.231 e. The van der Waals surface area contributed by atoms with Crippen molar-refractivity contribution in [3.05, 3.63) is 88.6 Å². The van der Waals surface area contributed by atoms with Crippen molar-refractivity contribution in [2.24, 2.45) is 0 Å². The molecule has 0 fully saturated rings. The van der Waals surface area contributed by atoms with Gasteiger partial charge in [0.2, 0.25) is 5.78 Å². The molecule has 2 aromatic carbocycles. The van der Waals surface area contributed by atoms with Crippen molar-refractivity contribution in [1.82, 2.24) is 4.90 Å². The van der Waals surface area contributed by atoms with Crippen LogP contribution in [0.25, 0.3) is 6.08 Å². The summed E-state index contributed by atoms with van der Waals surface area (Å²) in [5.41, 5.74) is 3.76. The van der Waals surface area contributed by atoms with E-state index in [2.05, 4.69) is 37.8 Å². The quantitative estimate of drug-likeness (QED) is 0.525. The van der Waals surface area contributed by atoms with E-state index in [-0.39, 0.29) is 11.2 Å². The highest BCUT2D eigenvalue weighted by Crippen LogP contribution is 2.42. The number of ketones is 1. The van der Waals surface area contributed by atoms with E-state index >= 15 is 0 Å². The molecule has 0 saturated heterocycles. The molecule has 0 unspecified atom stereocenters. The number of rotatable bonds is 3. The van der Waals surface area contributed by atoms with Gasteiger partial charge < -0.3 is 13.9 Å². The molecule has 5 heteroatoms. The van der Waals surface area contributed by atoms with E-state index in [1.165, 1.54) is 5.56 Å². The zero-order chi connectivity index (χ0) is 21.6. The fourth-order valence-corrected chi connectivity index (χ4v) is 3.96. The molecular formula is C26H25NO4. The van der Waals surface area contributed by atoms with E-state index in [1.54, 1.807) is 12.3 Å². The Kier molecular flexibility index (Phi) is 4.71. The van der Waals surface area contributed by atoms with Crippen molar-refractivity contribution in [2.45, 2.75) is 39.3 Å². The Bertz CT molecular complexity index is 1150. The molecule has 5 nitrogen and oxygen atoms in total. The van der Waals surface area contributed by atoms with Crippen LogP contribution in [0.5, 0.6) is 11.5 Å². The van der Waals surface area contributed by atoms with E-state index in [0.717, 1.165) is 22.6 Å². The predicted molar refractivity (Wildman–Crippen MR) is 118 cm³/mol. The maximum absolute atomic E-state index is 13.0. The summed E-state index contributed by atoms with van der Waals surface area (Å²) in [7, 11) is 0. The topological polar surface area (TPSA) is 51.9 Å². The first-order chi connectivity index (χ1) is 14.9. The summed E-state index contributed by atoms with van der Waals surface area (Å²) in [5, 5.41) is 0. The van der Waals surface area contributed by atoms with Crippen molar-refractivity contribution in [2.75, 3.05) is 6.73 Å². The lowest BCUT2D eigenvalue weighted by molar-refractivity contribution is 0.0810. The zero-order valence-electron chi connectivity index (χ0n) is 18.0. The number of hydrogen-bond acceptors (Lipinski definition) is 5. The molecule has 3 aromatic rings. The molecule has 158 valence electrons. The van der Waals surface area contributed by atoms with Gasteiger partial charge in [-0.05, 0) is 46.9 Å². The van der Waals surface area contributed by atoms with Crippen LogP contribution < -0.4 is 9.47 Å². The summed E-state index contributed by atoms with van der Waals surface area (Å²) in [6, 6.07) is 15.7. The zero-order valence-corrected chi connectivity index (χ0v) is 18.0. The van der Waals surface area contributed by atoms with E-state index in [9.17, 15) is 4.79 Å². The predicted octanol–water partition coefficient (Wildman–Crippen LogP) is 5.55. The lowest BCUT2D eigenvalue weighted by atomic mass is 9.86. The van der Waals surface area contributed by atoms with Crippen LogP contribution in [0, 0.1) is 0 Å². The van der Waals surface area contributed by atoms with Gasteiger partial charge in [0.25, 0.3) is 0 Å². The SMILES string of the molecule is CC(C)(C)c1ccc(/C=C2\Oc3c(ccc4c3CN(Cc3ccco3)CO4)C2=O)cc1. The van der Waals surface area contributed by atoms with Crippen LogP contribution in [0.3, 0.4) is 0 Å². The second-order valence-electron chi connectivity index (χ2n) is 9.07. The van der Waals surface area contributed by atoms with Gasteiger partial charge in [0, 0.05) is 6.54 Å². The molecule has 2 aliphatic rings. The monoisotopic (exact) mass is 415 g/mol. The van der Waals surface area contributed by atoms with Gasteiger partial charge in [-0.1, -0.05) is 45.0 Å². The van der Waals surface area contributed by atoms with E-state index in [0.29, 0.717) is 36.9 Å². The fraction of sp³-hybridized carbons (Fsp3) is 0.269. The van der Waals surface area contributed by atoms with Crippen LogP contribution in [0.15, 0.2) is 65.0 Å². The molecule has 0 radical (unpaired) electrons. The molecule has 0 amide bonds. The highest BCUT2D eigenvalue weighted by atomic mass is 16.5. The maximum atomic E-state index is 13.0. The number of benzene rings is 2. The number of ether oxygens (including phenoxy) is 2. The van der Waals surface area contributed by atoms with Crippen molar-refractivity contribution < 1.29 is 18.7 Å². The van der Waals surface area contributed by atoms with Crippen molar-refractivity contribution in [3.63, 3.8) is 0 Å². The number of hydrogen-bond donors (Lipinski definition) is 0. The van der Waals surface area contributed by atoms with Gasteiger partial charge in [-0.2, -0.15) is 0 Å². The first-order valence-corrected chi connectivity index (χ1v) is 10.5. The maximum Gasteiger partial charge on any atom is 0.231 e. The molecule has 0 aliphatic carbocycles. The molecule has 0 bridgehead atoms. The summed E-state index contributed by atoms with van der Waals surface area (Å²) in [4.78, 5) is 15.1. The molecule has 0 N–H and O–H groups in total. The summed E-state index contributed by atoms with van der Waals surface area (Å²) in [6.45, 7) is 8.26. The fourth-order valence-electron chi connectivity index (χ4n) is 3.96. The van der Waals surface area contributed by atoms with Gasteiger partial charge in [0.1, 0.15) is 24.0 Å². The van der Waals surface area contributed by atoms with E-state index in [4.69, 9.17) is 13.9 Å². The standard InChI is InChI=1S/C26H25NO4/c1-26(2,3)18-8-6-17(7-9-18)13-23-24(28)20-10-11-22-21(25(20)31-23)15-27(16-30-22)14-19-5-4-12-29-19/h4-13H,14-16H2,1-3H3/b23-13-. The second-order valence-corrected chi connectivity index (χ2v) is 9.07. The van der Waals surface area contributed by atoms with Gasteiger partial charge in [-0.25, -0.2) is 0 Å². The number of nitrogens with zero attached hydrogens (tertiary/aromatic N) is 1. The molecule has 31 heavy (non-hydrogen) atoms. The number of carbonyl (C=O) groups excluding carboxylic acids is 1. The third kappa shape index (κ3) is 3.77. The lowest BCUT2D eigenvalue weighted by Crippen LogP contribution is -2.31. The highest BCUT2D eigenvalue weighted by Gasteiger charge is 2.33. The average molecular weight is 415 g/mol. The van der Waals surface area contributed by atoms with E-state index in [1.807, 2.05) is 36.4 Å². The third-order valence-corrected chi connectivity index (χ3v) is 5.72. The largest absolute Gasteiger partial charge is 0.478 e. The minimum atomic E-state index is -0.0964. The number of furan rings is 1. The molecule has 5 rings (SSSR count). The van der Waals surface area contributed by atoms with Crippen LogP contribution in [0.1, 0.15) is 53.6 Å². The van der Waals surface area contributed by atoms with Crippen LogP contribution >= 0.6 is 0 Å². The Hall–Kier alpha value is -3.31. The Morgan fingerprint density at radius 1 is 1.06 bits per heavy atom. The third-order valence-electron chi connectivity index (χ3n) is 5.72.